The van der Waals surface area contributed by atoms with E-state index < -0.39 is 0 Å². The zero-order valence-corrected chi connectivity index (χ0v) is 17.3. The lowest BCUT2D eigenvalue weighted by molar-refractivity contribution is 0.243. The summed E-state index contributed by atoms with van der Waals surface area (Å²) in [5.41, 5.74) is 3.19. The fourth-order valence-corrected chi connectivity index (χ4v) is 4.92. The number of aryl methyl sites for hydroxylation is 1. The second-order valence-electron chi connectivity index (χ2n) is 7.46. The molecular formula is C21H21FN6OS. The van der Waals surface area contributed by atoms with Crippen LogP contribution in [0.25, 0.3) is 20.7 Å². The Balaban J connectivity index is 1.32. The molecule has 2 N–H and O–H groups in total. The second kappa shape index (κ2) is 7.66. The molecule has 3 aromatic heterocycles. The van der Waals surface area contributed by atoms with Gasteiger partial charge in [0.05, 0.1) is 23.9 Å². The predicted molar refractivity (Wildman–Crippen MR) is 116 cm³/mol. The lowest BCUT2D eigenvalue weighted by Gasteiger charge is -2.35. The van der Waals surface area contributed by atoms with Crippen molar-refractivity contribution in [3.8, 4) is 10.4 Å². The Labute approximate surface area is 176 Å². The van der Waals surface area contributed by atoms with E-state index >= 15 is 0 Å². The smallest absolute Gasteiger partial charge is 0.268 e. The van der Waals surface area contributed by atoms with Crippen LogP contribution < -0.4 is 10.5 Å². The van der Waals surface area contributed by atoms with Crippen molar-refractivity contribution < 1.29 is 4.39 Å². The number of fused-ring (bicyclic) bond motifs is 1. The number of H-pyrrole nitrogens is 2. The summed E-state index contributed by atoms with van der Waals surface area (Å²) < 4.78 is 14.7. The number of anilines is 1. The topological polar surface area (TPSA) is 80.9 Å². The van der Waals surface area contributed by atoms with Crippen LogP contribution in [0.4, 0.5) is 10.1 Å². The molecule has 0 amide bonds. The average Bonchev–Trinajstić information content (AvgIpc) is 3.35. The lowest BCUT2D eigenvalue weighted by Crippen LogP contribution is -2.46. The van der Waals surface area contributed by atoms with E-state index in [2.05, 4.69) is 25.0 Å². The molecular weight excluding hydrogens is 403 g/mol. The summed E-state index contributed by atoms with van der Waals surface area (Å²) in [6, 6.07) is 8.82. The van der Waals surface area contributed by atoms with E-state index in [1.807, 2.05) is 25.1 Å². The Morgan fingerprint density at radius 3 is 2.73 bits per heavy atom. The molecule has 0 atom stereocenters. The van der Waals surface area contributed by atoms with Gasteiger partial charge in [0.2, 0.25) is 0 Å². The standard InChI is InChI=1S/C21H21FN6OS/c1-13-14(11-23-26-13)18-10-16-20(30-18)21(29)25-19(24-16)12-27-6-8-28(9-7-27)17-5-3-2-4-15(17)22/h2-5,10-11H,6-9,12H2,1H3,(H,23,26)(H,24,25,29). The second-order valence-corrected chi connectivity index (χ2v) is 8.51. The van der Waals surface area contributed by atoms with Crippen LogP contribution >= 0.6 is 11.3 Å². The molecule has 1 aliphatic rings. The number of aromatic amines is 2. The van der Waals surface area contributed by atoms with E-state index in [-0.39, 0.29) is 11.4 Å². The van der Waals surface area contributed by atoms with Gasteiger partial charge in [-0.25, -0.2) is 9.37 Å². The molecule has 0 radical (unpaired) electrons. The summed E-state index contributed by atoms with van der Waals surface area (Å²) in [5, 5.41) is 6.99. The Hall–Kier alpha value is -3.04. The summed E-state index contributed by atoms with van der Waals surface area (Å²) >= 11 is 1.43. The van der Waals surface area contributed by atoms with Crippen LogP contribution in [-0.4, -0.2) is 51.2 Å². The number of aromatic nitrogens is 4. The summed E-state index contributed by atoms with van der Waals surface area (Å²) in [6.45, 7) is 5.53. The van der Waals surface area contributed by atoms with Crippen molar-refractivity contribution in [3.63, 3.8) is 0 Å². The number of thiophene rings is 1. The van der Waals surface area contributed by atoms with E-state index in [4.69, 9.17) is 4.98 Å². The van der Waals surface area contributed by atoms with Crippen molar-refractivity contribution in [1.29, 1.82) is 0 Å². The maximum absolute atomic E-state index is 14.0. The van der Waals surface area contributed by atoms with Crippen molar-refractivity contribution in [2.24, 2.45) is 0 Å². The molecule has 0 spiro atoms. The van der Waals surface area contributed by atoms with Crippen molar-refractivity contribution in [1.82, 2.24) is 25.1 Å². The van der Waals surface area contributed by atoms with Gasteiger partial charge in [0.1, 0.15) is 16.3 Å². The van der Waals surface area contributed by atoms with E-state index in [1.54, 1.807) is 12.3 Å². The summed E-state index contributed by atoms with van der Waals surface area (Å²) in [4.78, 5) is 25.5. The maximum Gasteiger partial charge on any atom is 0.268 e. The zero-order chi connectivity index (χ0) is 20.7. The molecule has 1 saturated heterocycles. The first-order valence-corrected chi connectivity index (χ1v) is 10.6. The van der Waals surface area contributed by atoms with Crippen LogP contribution in [0.3, 0.4) is 0 Å². The Morgan fingerprint density at radius 1 is 1.20 bits per heavy atom. The monoisotopic (exact) mass is 424 g/mol. The van der Waals surface area contributed by atoms with Crippen molar-refractivity contribution in [2.45, 2.75) is 13.5 Å². The van der Waals surface area contributed by atoms with Crippen LogP contribution in [0.15, 0.2) is 41.3 Å². The Morgan fingerprint density at radius 2 is 2.00 bits per heavy atom. The van der Waals surface area contributed by atoms with Gasteiger partial charge in [-0.05, 0) is 25.1 Å². The average molecular weight is 425 g/mol. The van der Waals surface area contributed by atoms with Crippen LogP contribution in [0, 0.1) is 12.7 Å². The molecule has 30 heavy (non-hydrogen) atoms. The third kappa shape index (κ3) is 3.50. The van der Waals surface area contributed by atoms with Gasteiger partial charge in [-0.2, -0.15) is 5.10 Å². The molecule has 1 aliphatic heterocycles. The normalized spacial score (nSPS) is 15.2. The van der Waals surface area contributed by atoms with E-state index in [1.165, 1.54) is 17.4 Å². The highest BCUT2D eigenvalue weighted by atomic mass is 32.1. The zero-order valence-electron chi connectivity index (χ0n) is 16.5. The van der Waals surface area contributed by atoms with Gasteiger partial charge in [-0.15, -0.1) is 11.3 Å². The van der Waals surface area contributed by atoms with Crippen LogP contribution in [0.5, 0.6) is 0 Å². The number of piperazine rings is 1. The Bertz CT molecular complexity index is 1250. The van der Waals surface area contributed by atoms with Crippen LogP contribution in [-0.2, 0) is 6.54 Å². The molecule has 5 rings (SSSR count). The molecule has 0 saturated carbocycles. The number of rotatable bonds is 4. The van der Waals surface area contributed by atoms with Gasteiger partial charge in [0, 0.05) is 42.3 Å². The first-order chi connectivity index (χ1) is 14.6. The van der Waals surface area contributed by atoms with E-state index in [9.17, 15) is 9.18 Å². The minimum Gasteiger partial charge on any atom is -0.367 e. The molecule has 1 fully saturated rings. The van der Waals surface area contributed by atoms with E-state index in [0.717, 1.165) is 42.3 Å². The summed E-state index contributed by atoms with van der Waals surface area (Å²) in [5.74, 6) is 0.462. The number of benzene rings is 1. The summed E-state index contributed by atoms with van der Waals surface area (Å²) in [7, 11) is 0. The first kappa shape index (κ1) is 19.0. The number of nitrogens with zero attached hydrogens (tertiary/aromatic N) is 4. The highest BCUT2D eigenvalue weighted by molar-refractivity contribution is 7.22. The minimum absolute atomic E-state index is 0.114. The number of nitrogens with one attached hydrogen (secondary N) is 2. The molecule has 154 valence electrons. The van der Waals surface area contributed by atoms with Gasteiger partial charge in [0.25, 0.3) is 5.56 Å². The molecule has 4 aromatic rings. The van der Waals surface area contributed by atoms with Crippen LogP contribution in [0.2, 0.25) is 0 Å². The van der Waals surface area contributed by atoms with Gasteiger partial charge in [-0.1, -0.05) is 12.1 Å². The minimum atomic E-state index is -0.191. The third-order valence-corrected chi connectivity index (χ3v) is 6.62. The SMILES string of the molecule is Cc1[nH]ncc1-c1cc2nc(CN3CCN(c4ccccc4F)CC3)[nH]c(=O)c2s1. The highest BCUT2D eigenvalue weighted by Crippen LogP contribution is 2.32. The fourth-order valence-electron chi connectivity index (χ4n) is 3.86. The number of hydrogen-bond acceptors (Lipinski definition) is 6. The molecule has 0 aliphatic carbocycles. The number of halogens is 1. The molecule has 1 aromatic carbocycles. The van der Waals surface area contributed by atoms with Gasteiger partial charge >= 0.3 is 0 Å². The molecule has 9 heteroatoms. The third-order valence-electron chi connectivity index (χ3n) is 5.47. The molecule has 7 nitrogen and oxygen atoms in total. The number of hydrogen-bond donors (Lipinski definition) is 2. The van der Waals surface area contributed by atoms with Crippen molar-refractivity contribution in [3.05, 3.63) is 64.2 Å². The van der Waals surface area contributed by atoms with Gasteiger partial charge < -0.3 is 9.88 Å². The highest BCUT2D eigenvalue weighted by Gasteiger charge is 2.20. The Kier molecular flexibility index (Phi) is 4.84. The van der Waals surface area contributed by atoms with Crippen LogP contribution in [0.1, 0.15) is 11.5 Å². The largest absolute Gasteiger partial charge is 0.367 e. The van der Waals surface area contributed by atoms with Crippen molar-refractivity contribution in [2.75, 3.05) is 31.1 Å². The molecule has 4 heterocycles. The maximum atomic E-state index is 14.0. The van der Waals surface area contributed by atoms with Gasteiger partial charge in [0.15, 0.2) is 0 Å². The predicted octanol–water partition coefficient (Wildman–Crippen LogP) is 3.14. The van der Waals surface area contributed by atoms with Crippen molar-refractivity contribution >= 4 is 27.2 Å². The van der Waals surface area contributed by atoms with Gasteiger partial charge in [-0.3, -0.25) is 14.8 Å². The first-order valence-electron chi connectivity index (χ1n) is 9.83. The quantitative estimate of drug-likeness (QED) is 0.526. The summed E-state index contributed by atoms with van der Waals surface area (Å²) in [6.07, 6.45) is 1.77. The fraction of sp³-hybridized carbons (Fsp3) is 0.286. The van der Waals surface area contributed by atoms with E-state index in [0.29, 0.717) is 28.3 Å². The molecule has 0 bridgehead atoms. The number of para-hydroxylation sites is 1. The lowest BCUT2D eigenvalue weighted by atomic mass is 10.2. The molecule has 0 unspecified atom stereocenters.